The van der Waals surface area contributed by atoms with Crippen LogP contribution in [0.1, 0.15) is 74.1 Å². The van der Waals surface area contributed by atoms with Crippen LogP contribution in [0.5, 0.6) is 0 Å². The van der Waals surface area contributed by atoms with Crippen LogP contribution >= 0.6 is 0 Å². The van der Waals surface area contributed by atoms with Gasteiger partial charge in [-0.3, -0.25) is 19.2 Å². The van der Waals surface area contributed by atoms with Gasteiger partial charge in [-0.25, -0.2) is 0 Å². The molecule has 0 radical (unpaired) electrons. The van der Waals surface area contributed by atoms with E-state index in [0.29, 0.717) is 25.4 Å². The number of rotatable bonds is 10. The van der Waals surface area contributed by atoms with Gasteiger partial charge in [-0.1, -0.05) is 54.9 Å². The van der Waals surface area contributed by atoms with E-state index in [1.807, 2.05) is 41.5 Å². The van der Waals surface area contributed by atoms with Crippen LogP contribution in [0.4, 0.5) is 0 Å². The van der Waals surface area contributed by atoms with E-state index < -0.39 is 0 Å². The molecule has 0 amide bonds. The summed E-state index contributed by atoms with van der Waals surface area (Å²) < 4.78 is 0. The minimum atomic E-state index is -0.383. The van der Waals surface area contributed by atoms with Gasteiger partial charge in [-0.15, -0.1) is 0 Å². The molecule has 4 nitrogen and oxygen atoms in total. The maximum absolute atomic E-state index is 12.2. The van der Waals surface area contributed by atoms with Crippen LogP contribution in [-0.2, 0) is 19.2 Å². The normalized spacial score (nSPS) is 16.1. The van der Waals surface area contributed by atoms with E-state index in [-0.39, 0.29) is 40.2 Å². The Bertz CT molecular complexity index is 451. The van der Waals surface area contributed by atoms with Crippen LogP contribution in [0, 0.1) is 28.6 Å². The Kier molecular flexibility index (Phi) is 8.73. The highest BCUT2D eigenvalue weighted by Gasteiger charge is 2.38. The first-order chi connectivity index (χ1) is 10.9. The zero-order chi connectivity index (χ0) is 19.1. The van der Waals surface area contributed by atoms with Gasteiger partial charge in [0.05, 0.1) is 0 Å². The highest BCUT2D eigenvalue weighted by Crippen LogP contribution is 2.40. The van der Waals surface area contributed by atoms with Crippen molar-refractivity contribution in [3.05, 3.63) is 0 Å². The standard InChI is InChI=1S/C20H34O4/c1-8-9-14(18(17(24)13-22)20(5,6)7)10-11-15(16(23)12-21)19(2,3)4/h12-15,18H,8-11H2,1-7H3. The summed E-state index contributed by atoms with van der Waals surface area (Å²) in [5.41, 5.74) is -0.621. The lowest BCUT2D eigenvalue weighted by molar-refractivity contribution is -0.137. The summed E-state index contributed by atoms with van der Waals surface area (Å²) in [5.74, 6) is -1.43. The lowest BCUT2D eigenvalue weighted by Crippen LogP contribution is -2.37. The van der Waals surface area contributed by atoms with Crippen molar-refractivity contribution in [3.8, 4) is 0 Å². The molecule has 0 bridgehead atoms. The van der Waals surface area contributed by atoms with Gasteiger partial charge in [0.25, 0.3) is 0 Å². The second-order valence-electron chi connectivity index (χ2n) is 8.93. The Balaban J connectivity index is 5.44. The smallest absolute Gasteiger partial charge is 0.199 e. The maximum atomic E-state index is 12.2. The van der Waals surface area contributed by atoms with Crippen LogP contribution in [0.15, 0.2) is 0 Å². The fraction of sp³-hybridized carbons (Fsp3) is 0.800. The SMILES string of the molecule is CCCC(CCC(C(=O)C=O)C(C)(C)C)C(C(=O)C=O)C(C)(C)C. The van der Waals surface area contributed by atoms with Crippen LogP contribution in [-0.4, -0.2) is 24.1 Å². The monoisotopic (exact) mass is 338 g/mol. The largest absolute Gasteiger partial charge is 0.295 e. The molecule has 0 heterocycles. The van der Waals surface area contributed by atoms with Crippen molar-refractivity contribution in [2.75, 3.05) is 0 Å². The summed E-state index contributed by atoms with van der Waals surface area (Å²) in [6.07, 6.45) is 3.79. The summed E-state index contributed by atoms with van der Waals surface area (Å²) in [4.78, 5) is 46.3. The third-order valence-electron chi connectivity index (χ3n) is 4.82. The van der Waals surface area contributed by atoms with Crippen molar-refractivity contribution in [2.24, 2.45) is 28.6 Å². The quantitative estimate of drug-likeness (QED) is 0.445. The van der Waals surface area contributed by atoms with E-state index in [0.717, 1.165) is 12.8 Å². The lowest BCUT2D eigenvalue weighted by Gasteiger charge is -2.36. The molecular weight excluding hydrogens is 304 g/mol. The molecule has 0 spiro atoms. The number of Topliss-reactive ketones (excluding diaryl/α,β-unsaturated/α-hetero) is 2. The Morgan fingerprint density at radius 2 is 1.29 bits per heavy atom. The molecule has 138 valence electrons. The maximum Gasteiger partial charge on any atom is 0.199 e. The highest BCUT2D eigenvalue weighted by molar-refractivity contribution is 6.26. The first kappa shape index (κ1) is 22.7. The van der Waals surface area contributed by atoms with E-state index >= 15 is 0 Å². The Hall–Kier alpha value is -1.32. The lowest BCUT2D eigenvalue weighted by atomic mass is 9.66. The van der Waals surface area contributed by atoms with Gasteiger partial charge in [-0.05, 0) is 36.0 Å². The predicted octanol–water partition coefficient (Wildman–Crippen LogP) is 4.04. The summed E-state index contributed by atoms with van der Waals surface area (Å²) in [7, 11) is 0. The van der Waals surface area contributed by atoms with Gasteiger partial charge in [0.1, 0.15) is 0 Å². The van der Waals surface area contributed by atoms with Crippen LogP contribution < -0.4 is 0 Å². The molecule has 0 aliphatic rings. The topological polar surface area (TPSA) is 68.3 Å². The Morgan fingerprint density at radius 1 is 0.792 bits per heavy atom. The van der Waals surface area contributed by atoms with Gasteiger partial charge >= 0.3 is 0 Å². The van der Waals surface area contributed by atoms with E-state index in [2.05, 4.69) is 6.92 Å². The summed E-state index contributed by atoms with van der Waals surface area (Å²) in [6, 6.07) is 0. The summed E-state index contributed by atoms with van der Waals surface area (Å²) in [6.45, 7) is 13.8. The number of hydrogen-bond acceptors (Lipinski definition) is 4. The number of carbonyl (C=O) groups excluding carboxylic acids is 4. The van der Waals surface area contributed by atoms with Gasteiger partial charge < -0.3 is 0 Å². The number of carbonyl (C=O) groups is 4. The first-order valence-electron chi connectivity index (χ1n) is 8.88. The van der Waals surface area contributed by atoms with Crippen molar-refractivity contribution in [1.82, 2.24) is 0 Å². The van der Waals surface area contributed by atoms with Crippen LogP contribution in [0.3, 0.4) is 0 Å². The van der Waals surface area contributed by atoms with E-state index in [4.69, 9.17) is 0 Å². The molecule has 0 rings (SSSR count). The van der Waals surface area contributed by atoms with E-state index in [1.165, 1.54) is 0 Å². The molecule has 0 fully saturated rings. The highest BCUT2D eigenvalue weighted by atomic mass is 16.2. The van der Waals surface area contributed by atoms with Crippen LogP contribution in [0.2, 0.25) is 0 Å². The third-order valence-corrected chi connectivity index (χ3v) is 4.82. The Labute approximate surface area is 146 Å². The average Bonchev–Trinajstić information content (AvgIpc) is 2.44. The fourth-order valence-electron chi connectivity index (χ4n) is 3.75. The van der Waals surface area contributed by atoms with Gasteiger partial charge in [0.2, 0.25) is 0 Å². The molecule has 0 aromatic carbocycles. The molecule has 0 saturated carbocycles. The minimum Gasteiger partial charge on any atom is -0.295 e. The van der Waals surface area contributed by atoms with Crippen molar-refractivity contribution >= 4 is 24.1 Å². The molecule has 0 aromatic rings. The van der Waals surface area contributed by atoms with E-state index in [1.54, 1.807) is 0 Å². The molecule has 24 heavy (non-hydrogen) atoms. The summed E-state index contributed by atoms with van der Waals surface area (Å²) in [5, 5.41) is 0. The van der Waals surface area contributed by atoms with Crippen molar-refractivity contribution < 1.29 is 19.2 Å². The molecule has 0 aromatic heterocycles. The second kappa shape index (κ2) is 9.24. The number of hydrogen-bond donors (Lipinski definition) is 0. The molecule has 0 aliphatic heterocycles. The Morgan fingerprint density at radius 3 is 1.62 bits per heavy atom. The molecule has 0 saturated heterocycles. The molecule has 0 N–H and O–H groups in total. The average molecular weight is 338 g/mol. The molecule has 0 aliphatic carbocycles. The summed E-state index contributed by atoms with van der Waals surface area (Å²) >= 11 is 0. The molecule has 4 heteroatoms. The van der Waals surface area contributed by atoms with Gasteiger partial charge in [0.15, 0.2) is 24.1 Å². The van der Waals surface area contributed by atoms with E-state index in [9.17, 15) is 19.2 Å². The number of aldehydes is 2. The zero-order valence-electron chi connectivity index (χ0n) is 16.3. The third kappa shape index (κ3) is 6.66. The minimum absolute atomic E-state index is 0.0389. The van der Waals surface area contributed by atoms with Crippen molar-refractivity contribution in [2.45, 2.75) is 74.1 Å². The predicted molar refractivity (Wildman–Crippen MR) is 95.7 cm³/mol. The number of ketones is 2. The molecular formula is C20H34O4. The molecule has 3 unspecified atom stereocenters. The van der Waals surface area contributed by atoms with Crippen LogP contribution in [0.25, 0.3) is 0 Å². The fourth-order valence-corrected chi connectivity index (χ4v) is 3.75. The second-order valence-corrected chi connectivity index (χ2v) is 8.93. The first-order valence-corrected chi connectivity index (χ1v) is 8.88. The van der Waals surface area contributed by atoms with Crippen molar-refractivity contribution in [3.63, 3.8) is 0 Å². The molecule has 3 atom stereocenters. The van der Waals surface area contributed by atoms with Gasteiger partial charge in [0, 0.05) is 11.8 Å². The zero-order valence-corrected chi connectivity index (χ0v) is 16.3. The van der Waals surface area contributed by atoms with Gasteiger partial charge in [-0.2, -0.15) is 0 Å². The van der Waals surface area contributed by atoms with Crippen molar-refractivity contribution in [1.29, 1.82) is 0 Å².